The van der Waals surface area contributed by atoms with Crippen LogP contribution in [0.2, 0.25) is 0 Å². The molecule has 0 saturated heterocycles. The largest absolute Gasteiger partial charge is 1.00 e. The molecule has 0 saturated carbocycles. The average molecular weight is 297 g/mol. The summed E-state index contributed by atoms with van der Waals surface area (Å²) in [5.74, 6) is 0.699. The second-order valence-electron chi connectivity index (χ2n) is 4.21. The molecule has 0 radical (unpaired) electrons. The Bertz CT molecular complexity index is 762. The lowest BCUT2D eigenvalue weighted by molar-refractivity contribution is -0.00000482. The highest BCUT2D eigenvalue weighted by atomic mass is 35.5. The molecule has 0 aliphatic carbocycles. The summed E-state index contributed by atoms with van der Waals surface area (Å²) in [6, 6.07) is 19.4. The number of aromatic nitrogens is 1. The van der Waals surface area contributed by atoms with Gasteiger partial charge in [-0.25, -0.2) is 4.98 Å². The Labute approximate surface area is 128 Å². The van der Waals surface area contributed by atoms with Gasteiger partial charge in [0.25, 0.3) is 6.01 Å². The minimum atomic E-state index is 0. The lowest BCUT2D eigenvalue weighted by atomic mass is 10.2. The number of benzene rings is 2. The van der Waals surface area contributed by atoms with Crippen molar-refractivity contribution in [3.63, 3.8) is 0 Å². The predicted octanol–water partition coefficient (Wildman–Crippen LogP) is 0.961. The van der Waals surface area contributed by atoms with E-state index in [-0.39, 0.29) is 12.4 Å². The zero-order chi connectivity index (χ0) is 13.8. The van der Waals surface area contributed by atoms with Crippen molar-refractivity contribution in [2.24, 2.45) is 0 Å². The third kappa shape index (κ3) is 3.41. The van der Waals surface area contributed by atoms with Gasteiger partial charge in [0.05, 0.1) is 17.8 Å². The van der Waals surface area contributed by atoms with Crippen LogP contribution in [0.4, 0.5) is 11.7 Å². The molecule has 0 amide bonds. The Balaban J connectivity index is 0.00000161. The van der Waals surface area contributed by atoms with Crippen molar-refractivity contribution in [1.29, 1.82) is 5.26 Å². The molecule has 0 bridgehead atoms. The summed E-state index contributed by atoms with van der Waals surface area (Å²) in [6.07, 6.45) is 1.67. The summed E-state index contributed by atoms with van der Waals surface area (Å²) in [5.41, 5.74) is 2.33. The van der Waals surface area contributed by atoms with Crippen LogP contribution in [0, 0.1) is 11.3 Å². The van der Waals surface area contributed by atoms with Crippen LogP contribution in [0.25, 0.3) is 11.3 Å². The normalized spacial score (nSPS) is 9.48. The summed E-state index contributed by atoms with van der Waals surface area (Å²) >= 11 is 0. The van der Waals surface area contributed by atoms with Gasteiger partial charge in [-0.2, -0.15) is 5.26 Å². The van der Waals surface area contributed by atoms with Crippen molar-refractivity contribution < 1.29 is 16.8 Å². The van der Waals surface area contributed by atoms with Crippen molar-refractivity contribution in [2.75, 3.05) is 5.32 Å². The monoisotopic (exact) mass is 296 g/mol. The Morgan fingerprint density at radius 3 is 2.62 bits per heavy atom. The Morgan fingerprint density at radius 1 is 1.05 bits per heavy atom. The van der Waals surface area contributed by atoms with Gasteiger partial charge in [0.15, 0.2) is 5.76 Å². The summed E-state index contributed by atoms with van der Waals surface area (Å²) in [6.45, 7) is 0. The van der Waals surface area contributed by atoms with Gasteiger partial charge < -0.3 is 22.1 Å². The molecule has 0 aliphatic rings. The maximum absolute atomic E-state index is 8.86. The zero-order valence-electron chi connectivity index (χ0n) is 11.0. The number of oxazole rings is 1. The van der Waals surface area contributed by atoms with Gasteiger partial charge in [-0.15, -0.1) is 0 Å². The van der Waals surface area contributed by atoms with Gasteiger partial charge >= 0.3 is 0 Å². The van der Waals surface area contributed by atoms with Crippen molar-refractivity contribution in [3.05, 3.63) is 66.4 Å². The van der Waals surface area contributed by atoms with E-state index in [0.29, 0.717) is 17.3 Å². The van der Waals surface area contributed by atoms with Crippen molar-refractivity contribution in [2.45, 2.75) is 0 Å². The van der Waals surface area contributed by atoms with Crippen LogP contribution in [0.15, 0.2) is 65.2 Å². The summed E-state index contributed by atoms with van der Waals surface area (Å²) in [4.78, 5) is 4.18. The topological polar surface area (TPSA) is 61.9 Å². The SMILES string of the molecule is N#Cc1cccc(Nc2ncc(-c3ccccc3)o2)c1.[Cl-]. The first-order valence-electron chi connectivity index (χ1n) is 6.13. The third-order valence-corrected chi connectivity index (χ3v) is 2.81. The van der Waals surface area contributed by atoms with Crippen molar-refractivity contribution in [1.82, 2.24) is 4.98 Å². The summed E-state index contributed by atoms with van der Waals surface area (Å²) in [5, 5.41) is 11.9. The van der Waals surface area contributed by atoms with Crippen LogP contribution in [0.5, 0.6) is 0 Å². The smallest absolute Gasteiger partial charge is 0.299 e. The second kappa shape index (κ2) is 6.60. The van der Waals surface area contributed by atoms with Gasteiger partial charge in [0, 0.05) is 11.3 Å². The summed E-state index contributed by atoms with van der Waals surface area (Å²) < 4.78 is 5.64. The number of anilines is 2. The lowest BCUT2D eigenvalue weighted by Gasteiger charge is -2.01. The Hall–Kier alpha value is -2.77. The maximum Gasteiger partial charge on any atom is 0.299 e. The fourth-order valence-corrected chi connectivity index (χ4v) is 1.86. The Kier molecular flexibility index (Phi) is 4.60. The first kappa shape index (κ1) is 14.6. The first-order valence-corrected chi connectivity index (χ1v) is 6.13. The zero-order valence-corrected chi connectivity index (χ0v) is 11.7. The maximum atomic E-state index is 8.86. The van der Waals surface area contributed by atoms with Gasteiger partial charge in [0.1, 0.15) is 0 Å². The molecule has 21 heavy (non-hydrogen) atoms. The van der Waals surface area contributed by atoms with Crippen molar-refractivity contribution in [3.8, 4) is 17.4 Å². The molecule has 0 aliphatic heterocycles. The predicted molar refractivity (Wildman–Crippen MR) is 76.4 cm³/mol. The third-order valence-electron chi connectivity index (χ3n) is 2.81. The summed E-state index contributed by atoms with van der Waals surface area (Å²) in [7, 11) is 0. The van der Waals surface area contributed by atoms with Gasteiger partial charge in [-0.05, 0) is 18.2 Å². The van der Waals surface area contributed by atoms with Crippen LogP contribution in [0.3, 0.4) is 0 Å². The highest BCUT2D eigenvalue weighted by Gasteiger charge is 2.06. The molecule has 0 fully saturated rings. The van der Waals surface area contributed by atoms with Crippen LogP contribution in [-0.2, 0) is 0 Å². The van der Waals surface area contributed by atoms with E-state index in [1.54, 1.807) is 18.3 Å². The van der Waals surface area contributed by atoms with E-state index in [4.69, 9.17) is 9.68 Å². The van der Waals surface area contributed by atoms with Crippen LogP contribution < -0.4 is 17.7 Å². The number of nitriles is 1. The van der Waals surface area contributed by atoms with E-state index in [9.17, 15) is 0 Å². The molecular weight excluding hydrogens is 286 g/mol. The molecule has 5 heteroatoms. The first-order chi connectivity index (χ1) is 9.85. The highest BCUT2D eigenvalue weighted by Crippen LogP contribution is 2.24. The van der Waals surface area contributed by atoms with Crippen molar-refractivity contribution >= 4 is 11.7 Å². The number of hydrogen-bond acceptors (Lipinski definition) is 4. The number of nitrogens with one attached hydrogen (secondary N) is 1. The van der Waals surface area contributed by atoms with Crippen LogP contribution >= 0.6 is 0 Å². The van der Waals surface area contributed by atoms with E-state index in [0.717, 1.165) is 11.3 Å². The molecule has 3 aromatic rings. The second-order valence-corrected chi connectivity index (χ2v) is 4.21. The standard InChI is InChI=1S/C16H11N3O.ClH/c17-10-12-5-4-8-14(9-12)19-16-18-11-15(20-16)13-6-2-1-3-7-13;/h1-9,11H,(H,18,19);1H/p-1. The minimum Gasteiger partial charge on any atom is -1.00 e. The van der Waals surface area contributed by atoms with E-state index in [1.807, 2.05) is 42.5 Å². The van der Waals surface area contributed by atoms with Gasteiger partial charge in [-0.1, -0.05) is 36.4 Å². The molecule has 4 nitrogen and oxygen atoms in total. The molecule has 0 atom stereocenters. The molecule has 0 unspecified atom stereocenters. The van der Waals surface area contributed by atoms with Gasteiger partial charge in [-0.3, -0.25) is 0 Å². The average Bonchev–Trinajstić information content (AvgIpc) is 2.97. The highest BCUT2D eigenvalue weighted by molar-refractivity contribution is 5.60. The number of halogens is 1. The molecule has 1 N–H and O–H groups in total. The van der Waals surface area contributed by atoms with E-state index in [1.165, 1.54) is 0 Å². The minimum absolute atomic E-state index is 0. The Morgan fingerprint density at radius 2 is 1.86 bits per heavy atom. The molecule has 1 heterocycles. The molecule has 0 spiro atoms. The van der Waals surface area contributed by atoms with Crippen LogP contribution in [-0.4, -0.2) is 4.98 Å². The lowest BCUT2D eigenvalue weighted by Crippen LogP contribution is -3.00. The quantitative estimate of drug-likeness (QED) is 0.782. The molecule has 104 valence electrons. The number of nitrogens with zero attached hydrogens (tertiary/aromatic N) is 2. The van der Waals surface area contributed by atoms with E-state index >= 15 is 0 Å². The molecular formula is C16H11ClN3O-. The number of rotatable bonds is 3. The van der Waals surface area contributed by atoms with Crippen LogP contribution in [0.1, 0.15) is 5.56 Å². The molecule has 2 aromatic carbocycles. The fraction of sp³-hybridized carbons (Fsp3) is 0. The van der Waals surface area contributed by atoms with E-state index < -0.39 is 0 Å². The number of hydrogen-bond donors (Lipinski definition) is 1. The van der Waals surface area contributed by atoms with Gasteiger partial charge in [0.2, 0.25) is 0 Å². The fourth-order valence-electron chi connectivity index (χ4n) is 1.86. The van der Waals surface area contributed by atoms with E-state index in [2.05, 4.69) is 16.4 Å². The molecule has 3 rings (SSSR count). The molecule has 1 aromatic heterocycles.